The monoisotopic (exact) mass is 398 g/mol. The van der Waals surface area contributed by atoms with Crippen LogP contribution in [0.5, 0.6) is 0 Å². The molecule has 0 N–H and O–H groups in total. The van der Waals surface area contributed by atoms with Crippen molar-refractivity contribution in [3.8, 4) is 0 Å². The molecule has 0 saturated carbocycles. The van der Waals surface area contributed by atoms with Gasteiger partial charge in [-0.15, -0.1) is 0 Å². The maximum Gasteiger partial charge on any atom is 0.197 e. The zero-order valence-corrected chi connectivity index (χ0v) is 14.4. The summed E-state index contributed by atoms with van der Waals surface area (Å²) >= 11 is 0. The number of benzene rings is 3. The average molecular weight is 398 g/mol. The molecule has 0 bridgehead atoms. The second kappa shape index (κ2) is 6.55. The van der Waals surface area contributed by atoms with Gasteiger partial charge in [0.1, 0.15) is 5.69 Å². The van der Waals surface area contributed by atoms with Crippen molar-refractivity contribution in [1.29, 1.82) is 0 Å². The molecule has 0 amide bonds. The molecule has 9 heteroatoms. The van der Waals surface area contributed by atoms with E-state index >= 15 is 4.39 Å². The van der Waals surface area contributed by atoms with Crippen molar-refractivity contribution in [2.24, 2.45) is 0 Å². The van der Waals surface area contributed by atoms with E-state index in [-0.39, 0.29) is 21.8 Å². The molecular formula is C20H9F3N2O4. The van der Waals surface area contributed by atoms with Crippen molar-refractivity contribution in [2.45, 2.75) is 0 Å². The van der Waals surface area contributed by atoms with Crippen LogP contribution in [0, 0.1) is 27.6 Å². The molecule has 0 aliphatic heterocycles. The van der Waals surface area contributed by atoms with E-state index < -0.39 is 50.9 Å². The standard InChI is InChI=1S/C20H9F3N2O4/c21-15-13-14(20(27)12-9-5-4-8-11(12)19(13)26)16(22)18(17(15)23)24(25(28)29)10-6-2-1-3-7-10/h1-9H. The van der Waals surface area contributed by atoms with Crippen LogP contribution in [0.15, 0.2) is 54.6 Å². The molecule has 6 nitrogen and oxygen atoms in total. The highest BCUT2D eigenvalue weighted by Gasteiger charge is 2.42. The summed E-state index contributed by atoms with van der Waals surface area (Å²) in [6.07, 6.45) is 0. The van der Waals surface area contributed by atoms with Gasteiger partial charge >= 0.3 is 0 Å². The van der Waals surface area contributed by atoms with E-state index in [1.165, 1.54) is 54.6 Å². The topological polar surface area (TPSA) is 80.5 Å². The fourth-order valence-electron chi connectivity index (χ4n) is 3.28. The molecule has 29 heavy (non-hydrogen) atoms. The van der Waals surface area contributed by atoms with E-state index in [1.54, 1.807) is 0 Å². The van der Waals surface area contributed by atoms with Gasteiger partial charge in [0.2, 0.25) is 0 Å². The first-order valence-electron chi connectivity index (χ1n) is 8.23. The summed E-state index contributed by atoms with van der Waals surface area (Å²) < 4.78 is 44.9. The number of hydrogen-bond donors (Lipinski definition) is 0. The number of hydrazine groups is 1. The van der Waals surface area contributed by atoms with Crippen LogP contribution in [0.3, 0.4) is 0 Å². The SMILES string of the molecule is O=C1c2ccccc2C(=O)c2c(F)c(N(c3ccccc3)[N+](=O)[O-])c(F)c(F)c21. The molecule has 1 aliphatic rings. The number of halogens is 3. The molecule has 0 fully saturated rings. The predicted octanol–water partition coefficient (Wildman–Crippen LogP) is 4.21. The van der Waals surface area contributed by atoms with E-state index in [0.29, 0.717) is 0 Å². The van der Waals surface area contributed by atoms with Crippen LogP contribution in [-0.2, 0) is 0 Å². The van der Waals surface area contributed by atoms with Gasteiger partial charge in [0.05, 0.1) is 11.1 Å². The van der Waals surface area contributed by atoms with Crippen molar-refractivity contribution in [2.75, 3.05) is 5.01 Å². The molecule has 3 aromatic carbocycles. The van der Waals surface area contributed by atoms with Gasteiger partial charge in [-0.25, -0.2) is 23.3 Å². The minimum Gasteiger partial charge on any atom is -0.288 e. The molecule has 4 rings (SSSR count). The number of nitro groups is 1. The molecule has 0 heterocycles. The first kappa shape index (κ1) is 18.4. The Balaban J connectivity index is 2.05. The van der Waals surface area contributed by atoms with E-state index in [4.69, 9.17) is 0 Å². The van der Waals surface area contributed by atoms with Crippen LogP contribution in [0.4, 0.5) is 24.5 Å². The number of fused-ring (bicyclic) bond motifs is 2. The van der Waals surface area contributed by atoms with Gasteiger partial charge in [0, 0.05) is 11.1 Å². The van der Waals surface area contributed by atoms with Gasteiger partial charge in [-0.2, -0.15) is 0 Å². The number of rotatable bonds is 3. The average Bonchev–Trinajstić information content (AvgIpc) is 2.72. The lowest BCUT2D eigenvalue weighted by molar-refractivity contribution is -0.483. The van der Waals surface area contributed by atoms with Crippen LogP contribution in [0.1, 0.15) is 31.8 Å². The van der Waals surface area contributed by atoms with Gasteiger partial charge in [-0.1, -0.05) is 47.5 Å². The molecule has 144 valence electrons. The Morgan fingerprint density at radius 1 is 0.724 bits per heavy atom. The maximum absolute atomic E-state index is 15.3. The summed E-state index contributed by atoms with van der Waals surface area (Å²) in [6, 6.07) is 11.9. The number of para-hydroxylation sites is 1. The molecule has 3 aromatic rings. The minimum absolute atomic E-state index is 0.00765. The smallest absolute Gasteiger partial charge is 0.197 e. The molecule has 0 radical (unpaired) electrons. The summed E-state index contributed by atoms with van der Waals surface area (Å²) in [6.45, 7) is 0. The van der Waals surface area contributed by atoms with Gasteiger partial charge in [-0.05, 0) is 12.1 Å². The molecule has 0 unspecified atom stereocenters. The van der Waals surface area contributed by atoms with E-state index in [9.17, 15) is 28.5 Å². The van der Waals surface area contributed by atoms with Crippen molar-refractivity contribution in [3.63, 3.8) is 0 Å². The normalized spacial score (nSPS) is 12.4. The Bertz CT molecular complexity index is 1210. The number of anilines is 2. The van der Waals surface area contributed by atoms with Crippen molar-refractivity contribution in [3.05, 3.63) is 104 Å². The van der Waals surface area contributed by atoms with Crippen molar-refractivity contribution >= 4 is 22.9 Å². The second-order valence-corrected chi connectivity index (χ2v) is 6.13. The largest absolute Gasteiger partial charge is 0.288 e. The molecule has 0 atom stereocenters. The number of nitrogens with zero attached hydrogens (tertiary/aromatic N) is 2. The number of ketones is 2. The first-order valence-corrected chi connectivity index (χ1v) is 8.23. The molecule has 0 aromatic heterocycles. The summed E-state index contributed by atoms with van der Waals surface area (Å²) in [5.41, 5.74) is -4.19. The van der Waals surface area contributed by atoms with Gasteiger partial charge in [0.25, 0.3) is 0 Å². The number of hydrogen-bond acceptors (Lipinski definition) is 4. The van der Waals surface area contributed by atoms with E-state index in [2.05, 4.69) is 0 Å². The fourth-order valence-corrected chi connectivity index (χ4v) is 3.28. The summed E-state index contributed by atoms with van der Waals surface area (Å²) in [5, 5.41) is 10.4. The lowest BCUT2D eigenvalue weighted by atomic mass is 9.83. The highest BCUT2D eigenvalue weighted by Crippen LogP contribution is 2.39. The molecule has 0 saturated heterocycles. The molecule has 1 aliphatic carbocycles. The molecule has 0 spiro atoms. The third kappa shape index (κ3) is 2.59. The predicted molar refractivity (Wildman–Crippen MR) is 95.2 cm³/mol. The van der Waals surface area contributed by atoms with Crippen LogP contribution in [0.25, 0.3) is 0 Å². The minimum atomic E-state index is -1.94. The third-order valence-corrected chi connectivity index (χ3v) is 4.54. The van der Waals surface area contributed by atoms with Crippen LogP contribution in [0.2, 0.25) is 0 Å². The van der Waals surface area contributed by atoms with Crippen LogP contribution < -0.4 is 5.01 Å². The van der Waals surface area contributed by atoms with E-state index in [0.717, 1.165) is 0 Å². The fraction of sp³-hybridized carbons (Fsp3) is 0. The summed E-state index contributed by atoms with van der Waals surface area (Å²) in [7, 11) is 0. The highest BCUT2D eigenvalue weighted by molar-refractivity contribution is 6.28. The zero-order valence-electron chi connectivity index (χ0n) is 14.4. The Morgan fingerprint density at radius 2 is 1.21 bits per heavy atom. The lowest BCUT2D eigenvalue weighted by Crippen LogP contribution is -2.31. The third-order valence-electron chi connectivity index (χ3n) is 4.54. The van der Waals surface area contributed by atoms with Crippen molar-refractivity contribution < 1.29 is 27.8 Å². The van der Waals surface area contributed by atoms with Gasteiger partial charge in [0.15, 0.2) is 39.7 Å². The molecular weight excluding hydrogens is 389 g/mol. The summed E-state index contributed by atoms with van der Waals surface area (Å²) in [5.74, 6) is -7.60. The lowest BCUT2D eigenvalue weighted by Gasteiger charge is -2.22. The van der Waals surface area contributed by atoms with Crippen LogP contribution >= 0.6 is 0 Å². The second-order valence-electron chi connectivity index (χ2n) is 6.13. The number of carbonyl (C=O) groups is 2. The van der Waals surface area contributed by atoms with Gasteiger partial charge < -0.3 is 0 Å². The number of carbonyl (C=O) groups excluding carboxylic acids is 2. The Morgan fingerprint density at radius 3 is 1.72 bits per heavy atom. The van der Waals surface area contributed by atoms with Crippen molar-refractivity contribution in [1.82, 2.24) is 0 Å². The van der Waals surface area contributed by atoms with E-state index in [1.807, 2.05) is 0 Å². The first-order chi connectivity index (χ1) is 13.8. The Labute approximate surface area is 160 Å². The Hall–Kier alpha value is -4.01. The van der Waals surface area contributed by atoms with Gasteiger partial charge in [-0.3, -0.25) is 9.59 Å². The quantitative estimate of drug-likeness (QED) is 0.293. The summed E-state index contributed by atoms with van der Waals surface area (Å²) in [4.78, 5) is 36.9. The maximum atomic E-state index is 15.3. The highest BCUT2D eigenvalue weighted by atomic mass is 19.2. The van der Waals surface area contributed by atoms with Crippen LogP contribution in [-0.4, -0.2) is 16.6 Å². The zero-order chi connectivity index (χ0) is 20.9. The Kier molecular flexibility index (Phi) is 4.15.